The first-order valence-electron chi connectivity index (χ1n) is 6.71. The molecule has 1 amide bonds. The molecule has 0 spiro atoms. The second kappa shape index (κ2) is 6.38. The van der Waals surface area contributed by atoms with Crippen molar-refractivity contribution in [1.82, 2.24) is 9.80 Å². The van der Waals surface area contributed by atoms with Crippen LogP contribution in [0.1, 0.15) is 33.6 Å². The third-order valence-electron chi connectivity index (χ3n) is 3.23. The van der Waals surface area contributed by atoms with Crippen LogP contribution in [0.5, 0.6) is 0 Å². The monoisotopic (exact) mass is 257 g/mol. The molecule has 106 valence electrons. The lowest BCUT2D eigenvalue weighted by atomic mass is 10.0. The highest BCUT2D eigenvalue weighted by Crippen LogP contribution is 2.18. The van der Waals surface area contributed by atoms with Gasteiger partial charge in [0.05, 0.1) is 0 Å². The van der Waals surface area contributed by atoms with Gasteiger partial charge in [0.2, 0.25) is 0 Å². The van der Waals surface area contributed by atoms with E-state index in [1.807, 2.05) is 27.8 Å². The van der Waals surface area contributed by atoms with Crippen LogP contribution in [-0.4, -0.2) is 60.8 Å². The van der Waals surface area contributed by atoms with Crippen molar-refractivity contribution >= 4 is 6.09 Å². The molecular formula is C13H27N3O2. The minimum Gasteiger partial charge on any atom is -0.444 e. The van der Waals surface area contributed by atoms with Crippen molar-refractivity contribution in [3.63, 3.8) is 0 Å². The lowest BCUT2D eigenvalue weighted by molar-refractivity contribution is 0.0154. The Labute approximate surface area is 110 Å². The number of hydrogen-bond donors (Lipinski definition) is 1. The summed E-state index contributed by atoms with van der Waals surface area (Å²) in [5.41, 5.74) is 5.12. The van der Waals surface area contributed by atoms with Crippen molar-refractivity contribution in [1.29, 1.82) is 0 Å². The Morgan fingerprint density at radius 1 is 1.39 bits per heavy atom. The maximum Gasteiger partial charge on any atom is 0.410 e. The van der Waals surface area contributed by atoms with Crippen LogP contribution in [0, 0.1) is 0 Å². The smallest absolute Gasteiger partial charge is 0.410 e. The largest absolute Gasteiger partial charge is 0.444 e. The molecule has 0 aromatic heterocycles. The molecule has 1 rings (SSSR count). The van der Waals surface area contributed by atoms with E-state index < -0.39 is 5.60 Å². The maximum atomic E-state index is 11.9. The number of carbonyl (C=O) groups excluding carboxylic acids is 1. The van der Waals surface area contributed by atoms with E-state index in [0.29, 0.717) is 6.54 Å². The van der Waals surface area contributed by atoms with Crippen molar-refractivity contribution in [2.24, 2.45) is 5.73 Å². The quantitative estimate of drug-likeness (QED) is 0.827. The summed E-state index contributed by atoms with van der Waals surface area (Å²) in [5.74, 6) is 0. The van der Waals surface area contributed by atoms with E-state index in [2.05, 4.69) is 4.90 Å². The molecule has 5 nitrogen and oxygen atoms in total. The van der Waals surface area contributed by atoms with E-state index in [9.17, 15) is 4.79 Å². The number of ether oxygens (including phenoxy) is 1. The standard InChI is InChI=1S/C13H27N3O2/c1-13(2,3)18-12(17)15(4)11-5-8-16(9-6-11)10-7-14/h11H,5-10,14H2,1-4H3. The zero-order valence-electron chi connectivity index (χ0n) is 12.1. The molecule has 0 aromatic rings. The van der Waals surface area contributed by atoms with E-state index in [-0.39, 0.29) is 12.1 Å². The molecule has 0 bridgehead atoms. The van der Waals surface area contributed by atoms with Crippen LogP contribution in [0.3, 0.4) is 0 Å². The van der Waals surface area contributed by atoms with Crippen LogP contribution in [-0.2, 0) is 4.74 Å². The molecule has 1 heterocycles. The molecule has 1 aliphatic rings. The van der Waals surface area contributed by atoms with E-state index in [4.69, 9.17) is 10.5 Å². The zero-order valence-corrected chi connectivity index (χ0v) is 12.1. The molecule has 1 aliphatic heterocycles. The van der Waals surface area contributed by atoms with Gasteiger partial charge in [0, 0.05) is 39.3 Å². The van der Waals surface area contributed by atoms with Gasteiger partial charge in [-0.2, -0.15) is 0 Å². The Morgan fingerprint density at radius 2 is 1.94 bits per heavy atom. The lowest BCUT2D eigenvalue weighted by Crippen LogP contribution is -2.47. The molecule has 0 aromatic carbocycles. The minimum atomic E-state index is -0.425. The fourth-order valence-corrected chi connectivity index (χ4v) is 2.20. The number of carbonyl (C=O) groups is 1. The van der Waals surface area contributed by atoms with Crippen molar-refractivity contribution in [3.05, 3.63) is 0 Å². The molecule has 0 aliphatic carbocycles. The van der Waals surface area contributed by atoms with Crippen molar-refractivity contribution < 1.29 is 9.53 Å². The summed E-state index contributed by atoms with van der Waals surface area (Å²) in [6.07, 6.45) is 1.77. The van der Waals surface area contributed by atoms with Crippen LogP contribution in [0.4, 0.5) is 4.79 Å². The number of piperidine rings is 1. The predicted octanol–water partition coefficient (Wildman–Crippen LogP) is 1.28. The second-order valence-electron chi connectivity index (χ2n) is 5.95. The summed E-state index contributed by atoms with van der Waals surface area (Å²) in [5, 5.41) is 0. The third-order valence-corrected chi connectivity index (χ3v) is 3.23. The number of hydrogen-bond acceptors (Lipinski definition) is 4. The summed E-state index contributed by atoms with van der Waals surface area (Å²) in [4.78, 5) is 16.0. The van der Waals surface area contributed by atoms with Crippen molar-refractivity contribution in [3.8, 4) is 0 Å². The number of likely N-dealkylation sites (tertiary alicyclic amines) is 1. The van der Waals surface area contributed by atoms with Crippen LogP contribution in [0.2, 0.25) is 0 Å². The molecule has 5 heteroatoms. The topological polar surface area (TPSA) is 58.8 Å². The molecule has 0 unspecified atom stereocenters. The molecule has 1 saturated heterocycles. The third kappa shape index (κ3) is 4.82. The van der Waals surface area contributed by atoms with Gasteiger partial charge in [0.25, 0.3) is 0 Å². The first kappa shape index (κ1) is 15.2. The summed E-state index contributed by atoms with van der Waals surface area (Å²) >= 11 is 0. The van der Waals surface area contributed by atoms with Gasteiger partial charge in [-0.1, -0.05) is 0 Å². The average molecular weight is 257 g/mol. The van der Waals surface area contributed by atoms with E-state index in [0.717, 1.165) is 32.5 Å². The Kier molecular flexibility index (Phi) is 5.41. The Morgan fingerprint density at radius 3 is 2.39 bits per heavy atom. The Balaban J connectivity index is 2.40. The van der Waals surface area contributed by atoms with Gasteiger partial charge in [-0.25, -0.2) is 4.79 Å². The predicted molar refractivity (Wildman–Crippen MR) is 72.5 cm³/mol. The summed E-state index contributed by atoms with van der Waals surface area (Å²) in [7, 11) is 1.83. The van der Waals surface area contributed by atoms with Crippen LogP contribution >= 0.6 is 0 Å². The number of rotatable bonds is 3. The SMILES string of the molecule is CN(C(=O)OC(C)(C)C)C1CCN(CCN)CC1. The fourth-order valence-electron chi connectivity index (χ4n) is 2.20. The zero-order chi connectivity index (χ0) is 13.8. The molecule has 0 saturated carbocycles. The molecule has 0 atom stereocenters. The van der Waals surface area contributed by atoms with Gasteiger partial charge in [0.1, 0.15) is 5.60 Å². The minimum absolute atomic E-state index is 0.222. The summed E-state index contributed by atoms with van der Waals surface area (Å²) in [6.45, 7) is 9.34. The normalized spacial score (nSPS) is 18.7. The highest BCUT2D eigenvalue weighted by Gasteiger charge is 2.28. The van der Waals surface area contributed by atoms with Gasteiger partial charge in [-0.3, -0.25) is 0 Å². The fraction of sp³-hybridized carbons (Fsp3) is 0.923. The van der Waals surface area contributed by atoms with Gasteiger partial charge in [-0.05, 0) is 33.6 Å². The lowest BCUT2D eigenvalue weighted by Gasteiger charge is -2.37. The van der Waals surface area contributed by atoms with Crippen LogP contribution in [0.25, 0.3) is 0 Å². The van der Waals surface area contributed by atoms with Crippen molar-refractivity contribution in [2.45, 2.75) is 45.3 Å². The average Bonchev–Trinajstić information content (AvgIpc) is 2.27. The first-order valence-corrected chi connectivity index (χ1v) is 6.71. The van der Waals surface area contributed by atoms with Crippen molar-refractivity contribution in [2.75, 3.05) is 33.2 Å². The maximum absolute atomic E-state index is 11.9. The highest BCUT2D eigenvalue weighted by molar-refractivity contribution is 5.68. The number of nitrogens with zero attached hydrogens (tertiary/aromatic N) is 2. The van der Waals surface area contributed by atoms with E-state index in [1.165, 1.54) is 0 Å². The molecule has 18 heavy (non-hydrogen) atoms. The summed E-state index contributed by atoms with van der Waals surface area (Å²) < 4.78 is 5.38. The number of amides is 1. The molecule has 2 N–H and O–H groups in total. The second-order valence-corrected chi connectivity index (χ2v) is 5.95. The molecular weight excluding hydrogens is 230 g/mol. The molecule has 0 radical (unpaired) electrons. The van der Waals surface area contributed by atoms with Gasteiger partial charge < -0.3 is 20.3 Å². The molecule has 1 fully saturated rings. The van der Waals surface area contributed by atoms with Crippen LogP contribution < -0.4 is 5.73 Å². The summed E-state index contributed by atoms with van der Waals surface area (Å²) in [6, 6.07) is 0.286. The number of nitrogens with two attached hydrogens (primary N) is 1. The van der Waals surface area contributed by atoms with E-state index in [1.54, 1.807) is 4.90 Å². The Hall–Kier alpha value is -0.810. The van der Waals surface area contributed by atoms with Gasteiger partial charge in [-0.15, -0.1) is 0 Å². The van der Waals surface area contributed by atoms with E-state index >= 15 is 0 Å². The Bertz CT molecular complexity index is 268. The first-order chi connectivity index (χ1) is 8.33. The van der Waals surface area contributed by atoms with Gasteiger partial charge in [0.15, 0.2) is 0 Å². The van der Waals surface area contributed by atoms with Gasteiger partial charge >= 0.3 is 6.09 Å². The highest BCUT2D eigenvalue weighted by atomic mass is 16.6. The van der Waals surface area contributed by atoms with Crippen LogP contribution in [0.15, 0.2) is 0 Å².